The Morgan fingerprint density at radius 2 is 1.85 bits per heavy atom. The Labute approximate surface area is 161 Å². The molecule has 1 aliphatic rings. The van der Waals surface area contributed by atoms with Gasteiger partial charge in [0.15, 0.2) is 0 Å². The Bertz CT molecular complexity index is 761. The maximum Gasteiger partial charge on any atom is 0.227 e. The Kier molecular flexibility index (Phi) is 5.85. The van der Waals surface area contributed by atoms with Crippen molar-refractivity contribution < 1.29 is 5.11 Å². The van der Waals surface area contributed by atoms with Crippen LogP contribution in [0.3, 0.4) is 0 Å². The molecule has 1 atom stereocenters. The normalized spacial score (nSPS) is 17.6. The van der Waals surface area contributed by atoms with E-state index in [9.17, 15) is 5.11 Å². The Morgan fingerprint density at radius 1 is 1.19 bits per heavy atom. The lowest BCUT2D eigenvalue weighted by Crippen LogP contribution is -2.43. The van der Waals surface area contributed by atoms with Crippen LogP contribution >= 0.6 is 0 Å². The minimum atomic E-state index is 0.179. The van der Waals surface area contributed by atoms with E-state index >= 15 is 0 Å². The Morgan fingerprint density at radius 3 is 2.44 bits per heavy atom. The van der Waals surface area contributed by atoms with Gasteiger partial charge in [-0.1, -0.05) is 27.7 Å². The molecular formula is C21H31N5O. The zero-order valence-corrected chi connectivity index (χ0v) is 16.7. The summed E-state index contributed by atoms with van der Waals surface area (Å²) in [5.41, 5.74) is 8.91. The molecule has 3 rings (SSSR count). The number of nitrogens with two attached hydrogens (primary N) is 1. The number of aromatic hydroxyl groups is 1. The molecule has 0 radical (unpaired) electrons. The molecule has 2 aromatic rings. The number of phenols is 1. The zero-order valence-electron chi connectivity index (χ0n) is 16.7. The molecule has 1 saturated heterocycles. The van der Waals surface area contributed by atoms with Crippen molar-refractivity contribution in [2.75, 3.05) is 23.3 Å². The van der Waals surface area contributed by atoms with Crippen LogP contribution in [0.4, 0.5) is 17.5 Å². The topological polar surface area (TPSA) is 87.3 Å². The van der Waals surface area contributed by atoms with Crippen LogP contribution in [0.2, 0.25) is 0 Å². The number of nitrogens with one attached hydrogen (secondary N) is 1. The molecule has 2 heterocycles. The second-order valence-corrected chi connectivity index (χ2v) is 8.03. The summed E-state index contributed by atoms with van der Waals surface area (Å²) in [5.74, 6) is 2.33. The number of nitrogens with zero attached hydrogens (tertiary/aromatic N) is 3. The van der Waals surface area contributed by atoms with Crippen molar-refractivity contribution in [3.8, 4) is 5.75 Å². The zero-order chi connectivity index (χ0) is 19.6. The predicted molar refractivity (Wildman–Crippen MR) is 111 cm³/mol. The maximum atomic E-state index is 10.6. The summed E-state index contributed by atoms with van der Waals surface area (Å²) in [6.07, 6.45) is 3.89. The second-order valence-electron chi connectivity index (χ2n) is 8.03. The predicted octanol–water partition coefficient (Wildman–Crippen LogP) is 4.10. The molecular weight excluding hydrogens is 338 g/mol. The van der Waals surface area contributed by atoms with Crippen molar-refractivity contribution in [1.82, 2.24) is 9.97 Å². The number of hydrogen-bond donors (Lipinski definition) is 3. The van der Waals surface area contributed by atoms with Gasteiger partial charge >= 0.3 is 0 Å². The van der Waals surface area contributed by atoms with Gasteiger partial charge in [0.05, 0.1) is 0 Å². The fourth-order valence-electron chi connectivity index (χ4n) is 3.54. The van der Waals surface area contributed by atoms with E-state index in [0.717, 1.165) is 48.6 Å². The monoisotopic (exact) mass is 369 g/mol. The highest BCUT2D eigenvalue weighted by molar-refractivity contribution is 5.63. The number of rotatable bonds is 5. The van der Waals surface area contributed by atoms with Crippen LogP contribution in [-0.2, 0) is 0 Å². The smallest absolute Gasteiger partial charge is 0.227 e. The van der Waals surface area contributed by atoms with Gasteiger partial charge in [-0.05, 0) is 54.0 Å². The molecule has 0 amide bonds. The molecule has 1 unspecified atom stereocenters. The first kappa shape index (κ1) is 19.4. The fraction of sp³-hybridized carbons (Fsp3) is 0.524. The maximum absolute atomic E-state index is 10.6. The summed E-state index contributed by atoms with van der Waals surface area (Å²) in [6, 6.07) is 6.05. The third-order valence-corrected chi connectivity index (χ3v) is 5.07. The van der Waals surface area contributed by atoms with Gasteiger partial charge in [-0.2, -0.15) is 4.98 Å². The van der Waals surface area contributed by atoms with Gasteiger partial charge in [0.25, 0.3) is 0 Å². The highest BCUT2D eigenvalue weighted by Crippen LogP contribution is 2.37. The van der Waals surface area contributed by atoms with E-state index in [-0.39, 0.29) is 17.9 Å². The molecule has 0 bridgehead atoms. The van der Waals surface area contributed by atoms with Crippen molar-refractivity contribution >= 4 is 17.5 Å². The van der Waals surface area contributed by atoms with Crippen LogP contribution in [0.1, 0.15) is 63.5 Å². The van der Waals surface area contributed by atoms with Crippen LogP contribution in [0.15, 0.2) is 24.4 Å². The van der Waals surface area contributed by atoms with Crippen molar-refractivity contribution in [3.63, 3.8) is 0 Å². The SMILES string of the molecule is CC(C)c1cc(Nc2ccnc(N3CCCC(N)C3)n2)cc(C(C)C)c1O. The van der Waals surface area contributed by atoms with Gasteiger partial charge in [-0.15, -0.1) is 0 Å². The van der Waals surface area contributed by atoms with Gasteiger partial charge in [0, 0.05) is 31.0 Å². The van der Waals surface area contributed by atoms with E-state index in [1.165, 1.54) is 0 Å². The summed E-state index contributed by atoms with van der Waals surface area (Å²) >= 11 is 0. The second kappa shape index (κ2) is 8.13. The molecule has 1 fully saturated rings. The van der Waals surface area contributed by atoms with Crippen LogP contribution in [-0.4, -0.2) is 34.2 Å². The fourth-order valence-corrected chi connectivity index (χ4v) is 3.54. The van der Waals surface area contributed by atoms with Crippen molar-refractivity contribution in [2.24, 2.45) is 5.73 Å². The number of aromatic nitrogens is 2. The summed E-state index contributed by atoms with van der Waals surface area (Å²) in [6.45, 7) is 10.1. The third kappa shape index (κ3) is 4.50. The van der Waals surface area contributed by atoms with Crippen molar-refractivity contribution in [3.05, 3.63) is 35.5 Å². The molecule has 1 aromatic heterocycles. The molecule has 0 aliphatic carbocycles. The number of hydrogen-bond acceptors (Lipinski definition) is 6. The first-order valence-corrected chi connectivity index (χ1v) is 9.82. The van der Waals surface area contributed by atoms with Gasteiger partial charge in [-0.3, -0.25) is 0 Å². The van der Waals surface area contributed by atoms with Gasteiger partial charge in [0.1, 0.15) is 11.6 Å². The number of benzene rings is 1. The first-order valence-electron chi connectivity index (χ1n) is 9.82. The number of piperidine rings is 1. The molecule has 6 heteroatoms. The van der Waals surface area contributed by atoms with Gasteiger partial charge < -0.3 is 21.1 Å². The van der Waals surface area contributed by atoms with E-state index in [0.29, 0.717) is 11.7 Å². The standard InChI is InChI=1S/C21H31N5O/c1-13(2)17-10-16(11-18(14(3)4)20(17)27)24-19-7-8-23-21(25-19)26-9-5-6-15(22)12-26/h7-8,10-11,13-15,27H,5-6,9,12,22H2,1-4H3,(H,23,24,25). The lowest BCUT2D eigenvalue weighted by Gasteiger charge is -2.30. The van der Waals surface area contributed by atoms with Gasteiger partial charge in [-0.25, -0.2) is 4.98 Å². The number of anilines is 3. The summed E-state index contributed by atoms with van der Waals surface area (Å²) in [5, 5.41) is 14.0. The minimum Gasteiger partial charge on any atom is -0.507 e. The summed E-state index contributed by atoms with van der Waals surface area (Å²) in [4.78, 5) is 11.3. The first-order chi connectivity index (χ1) is 12.8. The van der Waals surface area contributed by atoms with E-state index in [1.807, 2.05) is 18.2 Å². The van der Waals surface area contributed by atoms with E-state index in [2.05, 4.69) is 47.9 Å². The molecule has 1 aromatic carbocycles. The summed E-state index contributed by atoms with van der Waals surface area (Å²) < 4.78 is 0. The van der Waals surface area contributed by atoms with Crippen molar-refractivity contribution in [2.45, 2.75) is 58.4 Å². The molecule has 146 valence electrons. The molecule has 0 spiro atoms. The Hall–Kier alpha value is -2.34. The van der Waals surface area contributed by atoms with Gasteiger partial charge in [0.2, 0.25) is 5.95 Å². The van der Waals surface area contributed by atoms with E-state index in [4.69, 9.17) is 5.73 Å². The molecule has 1 aliphatic heterocycles. The number of phenolic OH excluding ortho intramolecular Hbond substituents is 1. The van der Waals surface area contributed by atoms with E-state index in [1.54, 1.807) is 6.20 Å². The average Bonchev–Trinajstić information content (AvgIpc) is 2.63. The average molecular weight is 370 g/mol. The lowest BCUT2D eigenvalue weighted by molar-refractivity contribution is 0.454. The Balaban J connectivity index is 1.88. The minimum absolute atomic E-state index is 0.179. The summed E-state index contributed by atoms with van der Waals surface area (Å²) in [7, 11) is 0. The van der Waals surface area contributed by atoms with Crippen LogP contribution in [0, 0.1) is 0 Å². The van der Waals surface area contributed by atoms with Crippen LogP contribution in [0.5, 0.6) is 5.75 Å². The van der Waals surface area contributed by atoms with E-state index < -0.39 is 0 Å². The third-order valence-electron chi connectivity index (χ3n) is 5.07. The van der Waals surface area contributed by atoms with Crippen LogP contribution < -0.4 is 16.0 Å². The molecule has 4 N–H and O–H groups in total. The highest BCUT2D eigenvalue weighted by atomic mass is 16.3. The largest absolute Gasteiger partial charge is 0.507 e. The quantitative estimate of drug-likeness (QED) is 0.688. The molecule has 0 saturated carbocycles. The van der Waals surface area contributed by atoms with Crippen LogP contribution in [0.25, 0.3) is 0 Å². The van der Waals surface area contributed by atoms with Crippen molar-refractivity contribution in [1.29, 1.82) is 0 Å². The molecule has 27 heavy (non-hydrogen) atoms. The highest BCUT2D eigenvalue weighted by Gasteiger charge is 2.19. The molecule has 6 nitrogen and oxygen atoms in total. The lowest BCUT2D eigenvalue weighted by atomic mass is 9.93.